The van der Waals surface area contributed by atoms with Gasteiger partial charge in [-0.1, -0.05) is 43.3 Å². The van der Waals surface area contributed by atoms with Gasteiger partial charge in [-0.05, 0) is 5.56 Å². The lowest BCUT2D eigenvalue weighted by Gasteiger charge is -2.12. The molecule has 1 rings (SSSR count). The number of hydrogen-bond donors (Lipinski definition) is 0. The number of allylic oxidation sites excluding steroid dienone is 2. The maximum atomic E-state index is 12.3. The van der Waals surface area contributed by atoms with Crippen LogP contribution in [0.15, 0.2) is 36.4 Å². The third kappa shape index (κ3) is 3.22. The van der Waals surface area contributed by atoms with Crippen molar-refractivity contribution < 1.29 is 18.0 Å². The molecule has 1 aromatic carbocycles. The van der Waals surface area contributed by atoms with Crippen molar-refractivity contribution in [1.29, 1.82) is 0 Å². The molecule has 0 aliphatic heterocycles. The van der Waals surface area contributed by atoms with Crippen molar-refractivity contribution in [2.75, 3.05) is 0 Å². The Morgan fingerprint density at radius 3 is 2.25 bits per heavy atom. The van der Waals surface area contributed by atoms with Gasteiger partial charge in [0.1, 0.15) is 6.29 Å². The fourth-order valence-electron chi connectivity index (χ4n) is 1.20. The van der Waals surface area contributed by atoms with E-state index >= 15 is 0 Å². The first-order valence-corrected chi connectivity index (χ1v) is 4.74. The smallest absolute Gasteiger partial charge is 0.298 e. The summed E-state index contributed by atoms with van der Waals surface area (Å²) in [4.78, 5) is 10.7. The van der Waals surface area contributed by atoms with Crippen molar-refractivity contribution in [2.24, 2.45) is 5.92 Å². The molecule has 0 aliphatic carbocycles. The van der Waals surface area contributed by atoms with Crippen LogP contribution in [-0.4, -0.2) is 12.5 Å². The molecule has 0 radical (unpaired) electrons. The maximum absolute atomic E-state index is 12.3. The van der Waals surface area contributed by atoms with Crippen molar-refractivity contribution >= 4 is 11.9 Å². The molecule has 0 bridgehead atoms. The molecule has 0 amide bonds. The van der Waals surface area contributed by atoms with Crippen LogP contribution in [-0.2, 0) is 4.79 Å². The average Bonchev–Trinajstić information content (AvgIpc) is 2.25. The van der Waals surface area contributed by atoms with Crippen LogP contribution in [0, 0.1) is 5.92 Å². The molecule has 0 saturated heterocycles. The molecule has 0 saturated carbocycles. The number of alkyl halides is 3. The molecule has 16 heavy (non-hydrogen) atoms. The largest absolute Gasteiger partial charge is 0.394 e. The Kier molecular flexibility index (Phi) is 3.88. The standard InChI is InChI=1S/C12H11F3O/c1-9(12(13,14)15)7-11(8-16)10-5-3-2-4-6-10/h2-9H,1H3/b11-7-/t9-/m1/s1. The van der Waals surface area contributed by atoms with E-state index in [-0.39, 0.29) is 5.57 Å². The highest BCUT2D eigenvalue weighted by Gasteiger charge is 2.34. The fourth-order valence-corrected chi connectivity index (χ4v) is 1.20. The van der Waals surface area contributed by atoms with Crippen LogP contribution >= 0.6 is 0 Å². The van der Waals surface area contributed by atoms with Crippen molar-refractivity contribution in [3.05, 3.63) is 42.0 Å². The Morgan fingerprint density at radius 1 is 1.25 bits per heavy atom. The second-order valence-electron chi connectivity index (χ2n) is 3.44. The zero-order valence-electron chi connectivity index (χ0n) is 8.66. The van der Waals surface area contributed by atoms with Gasteiger partial charge in [-0.25, -0.2) is 0 Å². The van der Waals surface area contributed by atoms with Gasteiger partial charge >= 0.3 is 6.18 Å². The monoisotopic (exact) mass is 228 g/mol. The molecular weight excluding hydrogens is 217 g/mol. The lowest BCUT2D eigenvalue weighted by atomic mass is 10.0. The minimum atomic E-state index is -4.32. The lowest BCUT2D eigenvalue weighted by molar-refractivity contribution is -0.156. The van der Waals surface area contributed by atoms with E-state index in [0.29, 0.717) is 11.8 Å². The van der Waals surface area contributed by atoms with E-state index in [9.17, 15) is 18.0 Å². The van der Waals surface area contributed by atoms with E-state index < -0.39 is 12.1 Å². The Morgan fingerprint density at radius 2 is 1.81 bits per heavy atom. The second kappa shape index (κ2) is 4.96. The molecule has 1 atom stereocenters. The van der Waals surface area contributed by atoms with Crippen LogP contribution in [0.2, 0.25) is 0 Å². The highest BCUT2D eigenvalue weighted by Crippen LogP contribution is 2.28. The normalized spacial score (nSPS) is 14.6. The number of carbonyl (C=O) groups is 1. The third-order valence-electron chi connectivity index (χ3n) is 2.18. The summed E-state index contributed by atoms with van der Waals surface area (Å²) >= 11 is 0. The van der Waals surface area contributed by atoms with Gasteiger partial charge in [0.25, 0.3) is 0 Å². The summed E-state index contributed by atoms with van der Waals surface area (Å²) in [5, 5.41) is 0. The van der Waals surface area contributed by atoms with E-state index in [1.165, 1.54) is 0 Å². The summed E-state index contributed by atoms with van der Waals surface area (Å²) in [6.45, 7) is 1.02. The topological polar surface area (TPSA) is 17.1 Å². The molecule has 0 N–H and O–H groups in total. The Balaban J connectivity index is 3.00. The minimum absolute atomic E-state index is 0.0606. The quantitative estimate of drug-likeness (QED) is 0.572. The van der Waals surface area contributed by atoms with Gasteiger partial charge in [0.2, 0.25) is 0 Å². The predicted molar refractivity (Wildman–Crippen MR) is 55.7 cm³/mol. The Hall–Kier alpha value is -1.58. The molecule has 1 nitrogen and oxygen atoms in total. The fraction of sp³-hybridized carbons (Fsp3) is 0.250. The number of aldehydes is 1. The summed E-state index contributed by atoms with van der Waals surface area (Å²) in [5.74, 6) is -1.63. The zero-order valence-corrected chi connectivity index (χ0v) is 8.66. The predicted octanol–water partition coefficient (Wildman–Crippen LogP) is 3.47. The molecule has 0 heterocycles. The van der Waals surface area contributed by atoms with Gasteiger partial charge in [-0.3, -0.25) is 4.79 Å². The Labute approximate surface area is 91.6 Å². The highest BCUT2D eigenvalue weighted by atomic mass is 19.4. The molecule has 86 valence electrons. The van der Waals surface area contributed by atoms with Crippen LogP contribution < -0.4 is 0 Å². The van der Waals surface area contributed by atoms with Crippen molar-refractivity contribution in [3.8, 4) is 0 Å². The van der Waals surface area contributed by atoms with E-state index in [1.54, 1.807) is 30.3 Å². The summed E-state index contributed by atoms with van der Waals surface area (Å²) in [7, 11) is 0. The van der Waals surface area contributed by atoms with E-state index in [1.807, 2.05) is 0 Å². The van der Waals surface area contributed by atoms with Crippen LogP contribution in [0.3, 0.4) is 0 Å². The third-order valence-corrected chi connectivity index (χ3v) is 2.18. The van der Waals surface area contributed by atoms with E-state index in [4.69, 9.17) is 0 Å². The second-order valence-corrected chi connectivity index (χ2v) is 3.44. The van der Waals surface area contributed by atoms with Crippen molar-refractivity contribution in [3.63, 3.8) is 0 Å². The van der Waals surface area contributed by atoms with Gasteiger partial charge in [-0.2, -0.15) is 13.2 Å². The van der Waals surface area contributed by atoms with Gasteiger partial charge in [0.05, 0.1) is 5.92 Å². The summed E-state index contributed by atoms with van der Waals surface area (Å²) < 4.78 is 36.9. The Bertz CT molecular complexity index is 379. The van der Waals surface area contributed by atoms with Gasteiger partial charge in [0, 0.05) is 5.57 Å². The van der Waals surface area contributed by atoms with Crippen molar-refractivity contribution in [2.45, 2.75) is 13.1 Å². The number of carbonyl (C=O) groups excluding carboxylic acids is 1. The molecule has 1 aromatic rings. The van der Waals surface area contributed by atoms with Gasteiger partial charge in [-0.15, -0.1) is 0 Å². The summed E-state index contributed by atoms with van der Waals surface area (Å²) in [5.41, 5.74) is 0.555. The molecule has 0 spiro atoms. The number of halogens is 3. The van der Waals surface area contributed by atoms with Gasteiger partial charge < -0.3 is 0 Å². The first-order valence-electron chi connectivity index (χ1n) is 4.74. The number of hydrogen-bond acceptors (Lipinski definition) is 1. The number of benzene rings is 1. The van der Waals surface area contributed by atoms with E-state index in [2.05, 4.69) is 0 Å². The van der Waals surface area contributed by atoms with Crippen LogP contribution in [0.5, 0.6) is 0 Å². The van der Waals surface area contributed by atoms with Crippen LogP contribution in [0.25, 0.3) is 5.57 Å². The van der Waals surface area contributed by atoms with E-state index in [0.717, 1.165) is 13.0 Å². The first-order chi connectivity index (χ1) is 7.45. The molecule has 0 aromatic heterocycles. The number of rotatable bonds is 3. The average molecular weight is 228 g/mol. The lowest BCUT2D eigenvalue weighted by Crippen LogP contribution is -2.18. The first kappa shape index (κ1) is 12.5. The zero-order chi connectivity index (χ0) is 12.2. The maximum Gasteiger partial charge on any atom is 0.394 e. The molecular formula is C12H11F3O. The summed E-state index contributed by atoms with van der Waals surface area (Å²) in [6, 6.07) is 8.28. The van der Waals surface area contributed by atoms with Crippen LogP contribution in [0.4, 0.5) is 13.2 Å². The van der Waals surface area contributed by atoms with Gasteiger partial charge in [0.15, 0.2) is 0 Å². The minimum Gasteiger partial charge on any atom is -0.298 e. The molecule has 4 heteroatoms. The molecule has 0 aliphatic rings. The highest BCUT2D eigenvalue weighted by molar-refractivity contribution is 6.06. The molecule has 0 unspecified atom stereocenters. The summed E-state index contributed by atoms with van der Waals surface area (Å²) in [6.07, 6.45) is -2.94. The van der Waals surface area contributed by atoms with Crippen molar-refractivity contribution in [1.82, 2.24) is 0 Å². The van der Waals surface area contributed by atoms with Crippen LogP contribution in [0.1, 0.15) is 12.5 Å². The molecule has 0 fully saturated rings. The SMILES string of the molecule is C[C@H](/C=C(/C=O)c1ccccc1)C(F)(F)F.